The van der Waals surface area contributed by atoms with Gasteiger partial charge in [0, 0.05) is 12.1 Å². The molecule has 146 valence electrons. The maximum Gasteiger partial charge on any atom is 0.251 e. The van der Waals surface area contributed by atoms with Gasteiger partial charge in [-0.25, -0.2) is 12.8 Å². The van der Waals surface area contributed by atoms with Gasteiger partial charge < -0.3 is 5.32 Å². The highest BCUT2D eigenvalue weighted by Crippen LogP contribution is 2.25. The molecule has 1 aliphatic heterocycles. The Hall–Kier alpha value is -3.25. The van der Waals surface area contributed by atoms with Crippen molar-refractivity contribution >= 4 is 27.9 Å². The van der Waals surface area contributed by atoms with Crippen molar-refractivity contribution in [3.8, 4) is 0 Å². The molecule has 0 atom stereocenters. The Kier molecular flexibility index (Phi) is 5.03. The minimum absolute atomic E-state index is 0.174. The average molecular weight is 407 g/mol. The van der Waals surface area contributed by atoms with Crippen LogP contribution < -0.4 is 5.32 Å². The van der Waals surface area contributed by atoms with E-state index in [2.05, 4.69) is 5.32 Å². The van der Waals surface area contributed by atoms with Crippen LogP contribution in [0.5, 0.6) is 0 Å². The summed E-state index contributed by atoms with van der Waals surface area (Å²) in [5.41, 5.74) is 2.95. The molecule has 0 unspecified atom stereocenters. The van der Waals surface area contributed by atoms with E-state index in [1.54, 1.807) is 48.5 Å². The second-order valence-corrected chi connectivity index (χ2v) is 8.73. The van der Waals surface area contributed by atoms with Crippen molar-refractivity contribution in [1.29, 1.82) is 0 Å². The maximum absolute atomic E-state index is 13.0. The molecule has 1 amide bonds. The summed E-state index contributed by atoms with van der Waals surface area (Å²) in [6.07, 6.45) is 4.27. The fraction of sp³-hybridized carbons (Fsp3) is 0.0870. The molecule has 3 aromatic rings. The van der Waals surface area contributed by atoms with Gasteiger partial charge in [0.25, 0.3) is 5.91 Å². The van der Waals surface area contributed by atoms with Gasteiger partial charge in [-0.3, -0.25) is 4.79 Å². The number of benzene rings is 3. The monoisotopic (exact) mass is 407 g/mol. The van der Waals surface area contributed by atoms with Crippen molar-refractivity contribution in [1.82, 2.24) is 5.32 Å². The predicted molar refractivity (Wildman–Crippen MR) is 110 cm³/mol. The molecule has 4 nitrogen and oxygen atoms in total. The lowest BCUT2D eigenvalue weighted by Gasteiger charge is -2.17. The topological polar surface area (TPSA) is 63.2 Å². The summed E-state index contributed by atoms with van der Waals surface area (Å²) in [5, 5.41) is 2.75. The average Bonchev–Trinajstić information content (AvgIpc) is 2.73. The van der Waals surface area contributed by atoms with E-state index in [0.717, 1.165) is 16.7 Å². The van der Waals surface area contributed by atoms with E-state index in [-0.39, 0.29) is 21.5 Å². The van der Waals surface area contributed by atoms with E-state index in [9.17, 15) is 17.6 Å². The molecule has 0 bridgehead atoms. The highest BCUT2D eigenvalue weighted by atomic mass is 32.2. The first-order chi connectivity index (χ1) is 13.9. The summed E-state index contributed by atoms with van der Waals surface area (Å²) >= 11 is 0. The first kappa shape index (κ1) is 19.1. The number of carbonyl (C=O) groups is 1. The van der Waals surface area contributed by atoms with Gasteiger partial charge in [0.05, 0.1) is 9.79 Å². The van der Waals surface area contributed by atoms with Crippen molar-refractivity contribution in [3.63, 3.8) is 0 Å². The SMILES string of the molecule is O=C1NCCc2cc(S(=O)(=O)c3ccc(/C=C/c4ccc(F)cc4)cc3)ccc21. The number of nitrogens with one attached hydrogen (secondary N) is 1. The van der Waals surface area contributed by atoms with Gasteiger partial charge in [0.15, 0.2) is 0 Å². The normalized spacial score (nSPS) is 13.9. The van der Waals surface area contributed by atoms with E-state index < -0.39 is 9.84 Å². The second kappa shape index (κ2) is 7.64. The summed E-state index contributed by atoms with van der Waals surface area (Å²) < 4.78 is 38.9. The first-order valence-corrected chi connectivity index (χ1v) is 10.6. The van der Waals surface area contributed by atoms with Crippen molar-refractivity contribution in [2.24, 2.45) is 0 Å². The van der Waals surface area contributed by atoms with Gasteiger partial charge in [-0.15, -0.1) is 0 Å². The third-order valence-corrected chi connectivity index (χ3v) is 6.61. The van der Waals surface area contributed by atoms with E-state index in [1.165, 1.54) is 18.2 Å². The van der Waals surface area contributed by atoms with Crippen LogP contribution in [0.4, 0.5) is 4.39 Å². The molecule has 1 aliphatic rings. The highest BCUT2D eigenvalue weighted by molar-refractivity contribution is 7.91. The van der Waals surface area contributed by atoms with Crippen LogP contribution in [0.2, 0.25) is 0 Å². The minimum Gasteiger partial charge on any atom is -0.352 e. The molecule has 29 heavy (non-hydrogen) atoms. The number of carbonyl (C=O) groups excluding carboxylic acids is 1. The molecule has 0 aliphatic carbocycles. The highest BCUT2D eigenvalue weighted by Gasteiger charge is 2.22. The van der Waals surface area contributed by atoms with E-state index in [4.69, 9.17) is 0 Å². The largest absolute Gasteiger partial charge is 0.352 e. The quantitative estimate of drug-likeness (QED) is 0.662. The number of rotatable bonds is 4. The number of hydrogen-bond acceptors (Lipinski definition) is 3. The molecule has 0 spiro atoms. The summed E-state index contributed by atoms with van der Waals surface area (Å²) in [5.74, 6) is -0.466. The lowest BCUT2D eigenvalue weighted by molar-refractivity contribution is 0.0946. The van der Waals surface area contributed by atoms with Gasteiger partial charge in [0.1, 0.15) is 5.82 Å². The maximum atomic E-state index is 13.0. The summed E-state index contributed by atoms with van der Waals surface area (Å²) in [6, 6.07) is 17.3. The van der Waals surface area contributed by atoms with Crippen LogP contribution in [-0.2, 0) is 16.3 Å². The molecule has 4 rings (SSSR count). The van der Waals surface area contributed by atoms with Crippen LogP contribution in [0.15, 0.2) is 76.5 Å². The van der Waals surface area contributed by atoms with Gasteiger partial charge in [0.2, 0.25) is 9.84 Å². The Morgan fingerprint density at radius 2 is 1.41 bits per heavy atom. The Bertz CT molecular complexity index is 1200. The van der Waals surface area contributed by atoms with Crippen molar-refractivity contribution in [2.45, 2.75) is 16.2 Å². The first-order valence-electron chi connectivity index (χ1n) is 9.13. The molecular weight excluding hydrogens is 389 g/mol. The Balaban J connectivity index is 1.58. The zero-order chi connectivity index (χ0) is 20.4. The Morgan fingerprint density at radius 1 is 0.828 bits per heavy atom. The molecule has 0 fully saturated rings. The van der Waals surface area contributed by atoms with Gasteiger partial charge in [-0.2, -0.15) is 0 Å². The lowest BCUT2D eigenvalue weighted by Crippen LogP contribution is -2.31. The van der Waals surface area contributed by atoms with Crippen molar-refractivity contribution < 1.29 is 17.6 Å². The third-order valence-electron chi connectivity index (χ3n) is 4.84. The van der Waals surface area contributed by atoms with E-state index in [1.807, 2.05) is 12.2 Å². The number of fused-ring (bicyclic) bond motifs is 1. The third kappa shape index (κ3) is 3.98. The van der Waals surface area contributed by atoms with E-state index >= 15 is 0 Å². The fourth-order valence-electron chi connectivity index (χ4n) is 3.23. The fourth-order valence-corrected chi connectivity index (χ4v) is 4.54. The Labute approximate surface area is 168 Å². The molecule has 3 aromatic carbocycles. The van der Waals surface area contributed by atoms with Crippen LogP contribution in [0, 0.1) is 5.82 Å². The van der Waals surface area contributed by atoms with Gasteiger partial charge in [-0.1, -0.05) is 36.4 Å². The molecule has 0 saturated heterocycles. The molecule has 0 radical (unpaired) electrons. The number of sulfone groups is 1. The Morgan fingerprint density at radius 3 is 2.07 bits per heavy atom. The smallest absolute Gasteiger partial charge is 0.251 e. The number of hydrogen-bond donors (Lipinski definition) is 1. The number of amides is 1. The second-order valence-electron chi connectivity index (χ2n) is 6.78. The van der Waals surface area contributed by atoms with Crippen LogP contribution in [0.25, 0.3) is 12.2 Å². The van der Waals surface area contributed by atoms with E-state index in [0.29, 0.717) is 18.5 Å². The summed E-state index contributed by atoms with van der Waals surface area (Å²) in [7, 11) is -3.68. The summed E-state index contributed by atoms with van der Waals surface area (Å²) in [4.78, 5) is 12.2. The molecule has 0 aromatic heterocycles. The van der Waals surface area contributed by atoms with Crippen LogP contribution in [0.1, 0.15) is 27.0 Å². The van der Waals surface area contributed by atoms with Crippen LogP contribution >= 0.6 is 0 Å². The minimum atomic E-state index is -3.68. The standard InChI is InChI=1S/C23H18FNO3S/c24-19-7-3-16(4-8-19)1-2-17-5-9-20(10-6-17)29(27,28)21-11-12-22-18(15-21)13-14-25-23(22)26/h1-12,15H,13-14H2,(H,25,26)/b2-1+. The van der Waals surface area contributed by atoms with Gasteiger partial charge >= 0.3 is 0 Å². The van der Waals surface area contributed by atoms with Crippen molar-refractivity contribution in [3.05, 3.63) is 94.8 Å². The van der Waals surface area contributed by atoms with Gasteiger partial charge in [-0.05, 0) is 65.6 Å². The molecule has 1 heterocycles. The number of halogens is 1. The molecule has 6 heteroatoms. The zero-order valence-electron chi connectivity index (χ0n) is 15.4. The lowest BCUT2D eigenvalue weighted by atomic mass is 10.0. The van der Waals surface area contributed by atoms with Crippen molar-refractivity contribution in [2.75, 3.05) is 6.54 Å². The van der Waals surface area contributed by atoms with Crippen LogP contribution in [-0.4, -0.2) is 20.9 Å². The zero-order valence-corrected chi connectivity index (χ0v) is 16.2. The van der Waals surface area contributed by atoms with Crippen LogP contribution in [0.3, 0.4) is 0 Å². The molecule has 1 N–H and O–H groups in total. The summed E-state index contributed by atoms with van der Waals surface area (Å²) in [6.45, 7) is 0.504. The molecule has 0 saturated carbocycles. The molecular formula is C23H18FNO3S. The predicted octanol–water partition coefficient (Wildman–Crippen LogP) is 4.11.